The van der Waals surface area contributed by atoms with Crippen molar-refractivity contribution >= 4 is 17.8 Å². The van der Waals surface area contributed by atoms with Crippen LogP contribution in [0.25, 0.3) is 22.7 Å². The summed E-state index contributed by atoms with van der Waals surface area (Å²) in [6.07, 6.45) is 2.92. The molecule has 0 spiro atoms. The van der Waals surface area contributed by atoms with Crippen LogP contribution in [0.15, 0.2) is 71.3 Å². The lowest BCUT2D eigenvalue weighted by Crippen LogP contribution is -2.33. The molecule has 10 heteroatoms. The van der Waals surface area contributed by atoms with Gasteiger partial charge in [-0.3, -0.25) is 14.7 Å². The van der Waals surface area contributed by atoms with Gasteiger partial charge in [0.15, 0.2) is 11.7 Å². The average Bonchev–Trinajstić information content (AvgIpc) is 3.61. The fourth-order valence-electron chi connectivity index (χ4n) is 3.81. The molecule has 2 aromatic heterocycles. The SMILES string of the molecule is CCC(CC)NC(=O)c1cc(-c2cccc(-c3ncc(C(=O)N[C@@H](C(=O)O)c4ccccc4)o3)c2)[nH]n1. The Kier molecular flexibility index (Phi) is 7.77. The van der Waals surface area contributed by atoms with Gasteiger partial charge in [0.1, 0.15) is 0 Å². The van der Waals surface area contributed by atoms with Crippen molar-refractivity contribution in [3.8, 4) is 22.7 Å². The zero-order valence-electron chi connectivity index (χ0n) is 20.4. The summed E-state index contributed by atoms with van der Waals surface area (Å²) >= 11 is 0. The van der Waals surface area contributed by atoms with Gasteiger partial charge in [-0.1, -0.05) is 56.3 Å². The van der Waals surface area contributed by atoms with E-state index in [0.717, 1.165) is 18.4 Å². The second-order valence-corrected chi connectivity index (χ2v) is 8.42. The molecular weight excluding hydrogens is 474 g/mol. The van der Waals surface area contributed by atoms with E-state index in [1.165, 1.54) is 6.20 Å². The number of hydrogen-bond donors (Lipinski definition) is 4. The first-order valence-electron chi connectivity index (χ1n) is 11.9. The van der Waals surface area contributed by atoms with E-state index < -0.39 is 17.9 Å². The number of carboxylic acids is 1. The monoisotopic (exact) mass is 501 g/mol. The fourth-order valence-corrected chi connectivity index (χ4v) is 3.81. The Bertz CT molecular complexity index is 1390. The molecule has 4 rings (SSSR count). The number of nitrogens with one attached hydrogen (secondary N) is 3. The highest BCUT2D eigenvalue weighted by Gasteiger charge is 2.24. The molecule has 0 saturated heterocycles. The van der Waals surface area contributed by atoms with Crippen molar-refractivity contribution in [3.63, 3.8) is 0 Å². The first-order chi connectivity index (χ1) is 17.9. The summed E-state index contributed by atoms with van der Waals surface area (Å²) in [5.74, 6) is -2.08. The van der Waals surface area contributed by atoms with Gasteiger partial charge in [-0.25, -0.2) is 9.78 Å². The minimum absolute atomic E-state index is 0.0888. The lowest BCUT2D eigenvalue weighted by atomic mass is 10.1. The number of oxazole rings is 1. The maximum atomic E-state index is 12.7. The van der Waals surface area contributed by atoms with Crippen LogP contribution < -0.4 is 10.6 Å². The van der Waals surface area contributed by atoms with Gasteiger partial charge in [-0.2, -0.15) is 5.10 Å². The van der Waals surface area contributed by atoms with Crippen molar-refractivity contribution in [2.45, 2.75) is 38.8 Å². The standard InChI is InChI=1S/C27H27N5O5/c1-3-19(4-2)29-24(33)21-14-20(31-32-21)17-11-8-12-18(13-17)26-28-15-22(37-26)25(34)30-23(27(35)36)16-9-6-5-7-10-16/h5-15,19,23H,3-4H2,1-2H3,(H,29,33)(H,30,34)(H,31,32)(H,35,36)/t23-/m1/s1. The maximum Gasteiger partial charge on any atom is 0.330 e. The normalized spacial score (nSPS) is 11.8. The molecule has 4 aromatic rings. The third-order valence-corrected chi connectivity index (χ3v) is 5.94. The summed E-state index contributed by atoms with van der Waals surface area (Å²) in [7, 11) is 0. The van der Waals surface area contributed by atoms with Gasteiger partial charge >= 0.3 is 5.97 Å². The van der Waals surface area contributed by atoms with Crippen molar-refractivity contribution in [2.24, 2.45) is 0 Å². The Balaban J connectivity index is 1.49. The van der Waals surface area contributed by atoms with Crippen LogP contribution in [0.2, 0.25) is 0 Å². The summed E-state index contributed by atoms with van der Waals surface area (Å²) in [5.41, 5.74) is 2.68. The Morgan fingerprint density at radius 1 is 0.946 bits per heavy atom. The second-order valence-electron chi connectivity index (χ2n) is 8.42. The lowest BCUT2D eigenvalue weighted by Gasteiger charge is -2.13. The predicted molar refractivity (Wildman–Crippen MR) is 136 cm³/mol. The van der Waals surface area contributed by atoms with Crippen molar-refractivity contribution < 1.29 is 23.9 Å². The molecule has 2 heterocycles. The number of benzene rings is 2. The van der Waals surface area contributed by atoms with Crippen LogP contribution in [0.4, 0.5) is 0 Å². The molecule has 10 nitrogen and oxygen atoms in total. The molecule has 0 radical (unpaired) electrons. The molecule has 1 atom stereocenters. The molecule has 2 amide bonds. The molecule has 2 aromatic carbocycles. The number of aromatic amines is 1. The van der Waals surface area contributed by atoms with E-state index >= 15 is 0 Å². The van der Waals surface area contributed by atoms with Gasteiger partial charge in [-0.15, -0.1) is 0 Å². The molecule has 0 unspecified atom stereocenters. The predicted octanol–water partition coefficient (Wildman–Crippen LogP) is 4.21. The molecular formula is C27H27N5O5. The van der Waals surface area contributed by atoms with Gasteiger partial charge in [-0.05, 0) is 36.6 Å². The largest absolute Gasteiger partial charge is 0.479 e. The average molecular weight is 502 g/mol. The zero-order chi connectivity index (χ0) is 26.4. The van der Waals surface area contributed by atoms with Crippen LogP contribution in [-0.4, -0.2) is 44.1 Å². The Morgan fingerprint density at radius 2 is 1.68 bits per heavy atom. The number of carbonyl (C=O) groups excluding carboxylic acids is 2. The number of rotatable bonds is 10. The molecule has 0 bridgehead atoms. The number of H-pyrrole nitrogens is 1. The number of hydrogen-bond acceptors (Lipinski definition) is 6. The number of amides is 2. The van der Waals surface area contributed by atoms with Crippen LogP contribution in [0.3, 0.4) is 0 Å². The van der Waals surface area contributed by atoms with E-state index in [4.69, 9.17) is 4.42 Å². The summed E-state index contributed by atoms with van der Waals surface area (Å²) in [4.78, 5) is 41.1. The number of aliphatic carboxylic acids is 1. The molecule has 0 aliphatic heterocycles. The highest BCUT2D eigenvalue weighted by Crippen LogP contribution is 2.26. The van der Waals surface area contributed by atoms with Crippen molar-refractivity contribution in [2.75, 3.05) is 0 Å². The van der Waals surface area contributed by atoms with Crippen LogP contribution >= 0.6 is 0 Å². The summed E-state index contributed by atoms with van der Waals surface area (Å²) in [6.45, 7) is 4.03. The number of nitrogens with zero attached hydrogens (tertiary/aromatic N) is 2. The van der Waals surface area contributed by atoms with Crippen molar-refractivity contribution in [1.29, 1.82) is 0 Å². The van der Waals surface area contributed by atoms with Gasteiger partial charge < -0.3 is 20.2 Å². The van der Waals surface area contributed by atoms with E-state index in [0.29, 0.717) is 16.8 Å². The van der Waals surface area contributed by atoms with E-state index in [1.807, 2.05) is 19.9 Å². The molecule has 190 valence electrons. The van der Waals surface area contributed by atoms with Gasteiger partial charge in [0.05, 0.1) is 11.9 Å². The molecule has 37 heavy (non-hydrogen) atoms. The summed E-state index contributed by atoms with van der Waals surface area (Å²) in [5, 5.41) is 22.0. The van der Waals surface area contributed by atoms with Crippen LogP contribution in [0.5, 0.6) is 0 Å². The Morgan fingerprint density at radius 3 is 2.38 bits per heavy atom. The molecule has 0 aliphatic rings. The topological polar surface area (TPSA) is 150 Å². The second kappa shape index (κ2) is 11.3. The van der Waals surface area contributed by atoms with Gasteiger partial charge in [0.25, 0.3) is 11.8 Å². The fraction of sp³-hybridized carbons (Fsp3) is 0.222. The number of carbonyl (C=O) groups is 3. The van der Waals surface area contributed by atoms with Crippen LogP contribution in [0, 0.1) is 0 Å². The van der Waals surface area contributed by atoms with Gasteiger partial charge in [0.2, 0.25) is 11.7 Å². The molecule has 0 fully saturated rings. The van der Waals surface area contributed by atoms with E-state index in [-0.39, 0.29) is 29.3 Å². The highest BCUT2D eigenvalue weighted by molar-refractivity contribution is 5.95. The van der Waals surface area contributed by atoms with Gasteiger partial charge in [0, 0.05) is 17.2 Å². The lowest BCUT2D eigenvalue weighted by molar-refractivity contribution is -0.139. The number of carboxylic acid groups (broad SMARTS) is 1. The number of aromatic nitrogens is 3. The van der Waals surface area contributed by atoms with Crippen LogP contribution in [0.1, 0.15) is 59.3 Å². The van der Waals surface area contributed by atoms with Crippen LogP contribution in [-0.2, 0) is 4.79 Å². The third kappa shape index (κ3) is 5.92. The Labute approximate surface area is 213 Å². The highest BCUT2D eigenvalue weighted by atomic mass is 16.4. The van der Waals surface area contributed by atoms with E-state index in [2.05, 4.69) is 25.8 Å². The minimum atomic E-state index is -1.23. The third-order valence-electron chi connectivity index (χ3n) is 5.94. The van der Waals surface area contributed by atoms with E-state index in [9.17, 15) is 19.5 Å². The summed E-state index contributed by atoms with van der Waals surface area (Å²) < 4.78 is 5.64. The smallest absolute Gasteiger partial charge is 0.330 e. The molecule has 0 aliphatic carbocycles. The van der Waals surface area contributed by atoms with Crippen molar-refractivity contribution in [1.82, 2.24) is 25.8 Å². The van der Waals surface area contributed by atoms with E-state index in [1.54, 1.807) is 54.6 Å². The molecule has 0 saturated carbocycles. The Hall–Kier alpha value is -4.73. The molecule has 4 N–H and O–H groups in total. The zero-order valence-corrected chi connectivity index (χ0v) is 20.4. The maximum absolute atomic E-state index is 12.7. The first kappa shape index (κ1) is 25.4. The van der Waals surface area contributed by atoms with Crippen molar-refractivity contribution in [3.05, 3.63) is 83.9 Å². The quantitative estimate of drug-likeness (QED) is 0.254. The summed E-state index contributed by atoms with van der Waals surface area (Å²) in [6, 6.07) is 16.1. The first-order valence-corrected chi connectivity index (χ1v) is 11.9. The minimum Gasteiger partial charge on any atom is -0.479 e.